The smallest absolute Gasteiger partial charge is 0.0366 e. The van der Waals surface area contributed by atoms with Crippen LogP contribution < -0.4 is 0 Å². The third kappa shape index (κ3) is 2.79. The van der Waals surface area contributed by atoms with E-state index in [1.807, 2.05) is 12.4 Å². The second-order valence-corrected chi connectivity index (χ2v) is 8.35. The van der Waals surface area contributed by atoms with Crippen LogP contribution in [0.3, 0.4) is 0 Å². The number of piperidine rings is 1. The average molecular weight is 377 g/mol. The van der Waals surface area contributed by atoms with Crippen molar-refractivity contribution >= 4 is 32.3 Å². The summed E-state index contributed by atoms with van der Waals surface area (Å²) in [7, 11) is 0. The first kappa shape index (κ1) is 16.9. The van der Waals surface area contributed by atoms with Gasteiger partial charge in [-0.15, -0.1) is 0 Å². The van der Waals surface area contributed by atoms with Crippen molar-refractivity contribution < 1.29 is 0 Å². The molecule has 0 amide bonds. The van der Waals surface area contributed by atoms with Crippen molar-refractivity contribution in [1.29, 1.82) is 0 Å². The fraction of sp³-hybridized carbons (Fsp3) is 0.222. The van der Waals surface area contributed by atoms with Gasteiger partial charge in [0, 0.05) is 25.0 Å². The molecular weight excluding hydrogens is 352 g/mol. The van der Waals surface area contributed by atoms with Gasteiger partial charge in [0.15, 0.2) is 0 Å². The van der Waals surface area contributed by atoms with Gasteiger partial charge in [0.05, 0.1) is 0 Å². The van der Waals surface area contributed by atoms with E-state index in [1.54, 1.807) is 0 Å². The van der Waals surface area contributed by atoms with Crippen LogP contribution in [-0.2, 0) is 6.54 Å². The third-order valence-electron chi connectivity index (χ3n) is 6.68. The molecule has 1 aliphatic heterocycles. The van der Waals surface area contributed by atoms with Gasteiger partial charge < -0.3 is 0 Å². The molecular formula is C27H24N2. The number of hydrogen-bond donors (Lipinski definition) is 0. The Kier molecular flexibility index (Phi) is 3.98. The molecule has 0 saturated carbocycles. The Morgan fingerprint density at radius 3 is 2.41 bits per heavy atom. The van der Waals surface area contributed by atoms with Gasteiger partial charge in [-0.05, 0) is 68.9 Å². The number of nitrogens with zero attached hydrogens (tertiary/aromatic N) is 2. The maximum Gasteiger partial charge on any atom is 0.0366 e. The van der Waals surface area contributed by atoms with Gasteiger partial charge in [0.2, 0.25) is 0 Å². The Labute approximate surface area is 171 Å². The van der Waals surface area contributed by atoms with E-state index in [-0.39, 0.29) is 0 Å². The Bertz CT molecular complexity index is 1280. The topological polar surface area (TPSA) is 16.1 Å². The van der Waals surface area contributed by atoms with Gasteiger partial charge in [0.25, 0.3) is 0 Å². The molecule has 1 unspecified atom stereocenters. The molecule has 1 aliphatic rings. The highest BCUT2D eigenvalue weighted by Gasteiger charge is 2.25. The van der Waals surface area contributed by atoms with Crippen LogP contribution in [0.5, 0.6) is 0 Å². The first-order valence-corrected chi connectivity index (χ1v) is 10.7. The van der Waals surface area contributed by atoms with Crippen LogP contribution in [0.1, 0.15) is 36.4 Å². The lowest BCUT2D eigenvalue weighted by Gasteiger charge is -2.36. The van der Waals surface area contributed by atoms with Gasteiger partial charge in [-0.25, -0.2) is 0 Å². The van der Waals surface area contributed by atoms with E-state index in [2.05, 4.69) is 76.6 Å². The molecule has 142 valence electrons. The first-order chi connectivity index (χ1) is 14.4. The number of likely N-dealkylation sites (tertiary alicyclic amines) is 1. The molecule has 1 fully saturated rings. The van der Waals surface area contributed by atoms with Gasteiger partial charge >= 0.3 is 0 Å². The Morgan fingerprint density at radius 2 is 1.59 bits per heavy atom. The number of hydrogen-bond acceptors (Lipinski definition) is 2. The Morgan fingerprint density at radius 1 is 0.793 bits per heavy atom. The second-order valence-electron chi connectivity index (χ2n) is 8.35. The zero-order chi connectivity index (χ0) is 19.2. The fourth-order valence-electron chi connectivity index (χ4n) is 5.28. The van der Waals surface area contributed by atoms with E-state index in [9.17, 15) is 0 Å². The summed E-state index contributed by atoms with van der Waals surface area (Å²) in [6.45, 7) is 2.15. The lowest BCUT2D eigenvalue weighted by Crippen LogP contribution is -2.33. The zero-order valence-electron chi connectivity index (χ0n) is 16.5. The van der Waals surface area contributed by atoms with Gasteiger partial charge in [-0.3, -0.25) is 9.88 Å². The second kappa shape index (κ2) is 6.82. The summed E-state index contributed by atoms with van der Waals surface area (Å²) >= 11 is 0. The summed E-state index contributed by atoms with van der Waals surface area (Å²) in [6.07, 6.45) is 7.72. The van der Waals surface area contributed by atoms with Crippen LogP contribution in [0.15, 0.2) is 79.1 Å². The van der Waals surface area contributed by atoms with E-state index in [0.29, 0.717) is 6.04 Å². The number of rotatable bonds is 3. The molecule has 2 nitrogen and oxygen atoms in total. The monoisotopic (exact) mass is 376 g/mol. The molecule has 29 heavy (non-hydrogen) atoms. The minimum Gasteiger partial charge on any atom is -0.292 e. The van der Waals surface area contributed by atoms with Gasteiger partial charge in [0.1, 0.15) is 0 Å². The van der Waals surface area contributed by atoms with Crippen LogP contribution in [-0.4, -0.2) is 16.4 Å². The standard InChI is InChI=1S/C27H24N2/c1-2-16-29(25(8-1)22-7-4-15-28-17-22)18-23-12-11-21-10-9-19-5-3-6-20-13-14-24(23)27(21)26(19)20/h3-7,9-15,17,25H,1-2,8,16,18H2. The molecule has 0 N–H and O–H groups in total. The maximum absolute atomic E-state index is 4.38. The van der Waals surface area contributed by atoms with Crippen molar-refractivity contribution in [2.75, 3.05) is 6.54 Å². The summed E-state index contributed by atoms with van der Waals surface area (Å²) in [5.41, 5.74) is 2.79. The summed E-state index contributed by atoms with van der Waals surface area (Å²) in [5.74, 6) is 0. The minimum atomic E-state index is 0.469. The normalized spacial score (nSPS) is 18.1. The third-order valence-corrected chi connectivity index (χ3v) is 6.68. The summed E-state index contributed by atoms with van der Waals surface area (Å²) in [6, 6.07) is 25.2. The SMILES string of the molecule is c1cncc(C2CCCCN2Cc2ccc3ccc4cccc5ccc2c3c45)c1. The van der Waals surface area contributed by atoms with Crippen LogP contribution in [0.25, 0.3) is 32.3 Å². The van der Waals surface area contributed by atoms with Crippen molar-refractivity contribution in [2.45, 2.75) is 31.8 Å². The average Bonchev–Trinajstić information content (AvgIpc) is 2.79. The van der Waals surface area contributed by atoms with Crippen molar-refractivity contribution in [3.05, 3.63) is 90.3 Å². The first-order valence-electron chi connectivity index (χ1n) is 10.7. The molecule has 1 saturated heterocycles. The molecule has 0 spiro atoms. The number of pyridine rings is 1. The predicted octanol–water partition coefficient (Wildman–Crippen LogP) is 6.71. The molecule has 1 atom stereocenters. The fourth-order valence-corrected chi connectivity index (χ4v) is 5.28. The van der Waals surface area contributed by atoms with Crippen molar-refractivity contribution in [3.63, 3.8) is 0 Å². The van der Waals surface area contributed by atoms with Crippen molar-refractivity contribution in [3.8, 4) is 0 Å². The molecule has 2 heterocycles. The maximum atomic E-state index is 4.38. The zero-order valence-corrected chi connectivity index (χ0v) is 16.5. The van der Waals surface area contributed by atoms with Crippen LogP contribution >= 0.6 is 0 Å². The molecule has 1 aromatic heterocycles. The summed E-state index contributed by atoms with van der Waals surface area (Å²) < 4.78 is 0. The van der Waals surface area contributed by atoms with E-state index >= 15 is 0 Å². The lowest BCUT2D eigenvalue weighted by atomic mass is 9.91. The van der Waals surface area contributed by atoms with Crippen LogP contribution in [0, 0.1) is 0 Å². The van der Waals surface area contributed by atoms with Crippen LogP contribution in [0.4, 0.5) is 0 Å². The van der Waals surface area contributed by atoms with E-state index in [0.717, 1.165) is 13.1 Å². The molecule has 5 aromatic rings. The quantitative estimate of drug-likeness (QED) is 0.325. The molecule has 2 heteroatoms. The molecule has 0 aliphatic carbocycles. The molecule has 4 aromatic carbocycles. The predicted molar refractivity (Wildman–Crippen MR) is 121 cm³/mol. The summed E-state index contributed by atoms with van der Waals surface area (Å²) in [5, 5.41) is 8.26. The highest BCUT2D eigenvalue weighted by Crippen LogP contribution is 2.38. The minimum absolute atomic E-state index is 0.469. The van der Waals surface area contributed by atoms with Crippen molar-refractivity contribution in [1.82, 2.24) is 9.88 Å². The molecule has 0 radical (unpaired) electrons. The highest BCUT2D eigenvalue weighted by atomic mass is 15.2. The van der Waals surface area contributed by atoms with E-state index < -0.39 is 0 Å². The Hall–Kier alpha value is -2.97. The summed E-state index contributed by atoms with van der Waals surface area (Å²) in [4.78, 5) is 7.04. The van der Waals surface area contributed by atoms with E-state index in [1.165, 1.54) is 62.7 Å². The lowest BCUT2D eigenvalue weighted by molar-refractivity contribution is 0.141. The number of benzene rings is 4. The molecule has 6 rings (SSSR count). The van der Waals surface area contributed by atoms with Crippen LogP contribution in [0.2, 0.25) is 0 Å². The highest BCUT2D eigenvalue weighted by molar-refractivity contribution is 6.23. The van der Waals surface area contributed by atoms with Gasteiger partial charge in [-0.1, -0.05) is 67.1 Å². The molecule has 0 bridgehead atoms. The van der Waals surface area contributed by atoms with E-state index in [4.69, 9.17) is 0 Å². The van der Waals surface area contributed by atoms with Crippen molar-refractivity contribution in [2.24, 2.45) is 0 Å². The Balaban J connectivity index is 1.47. The number of aromatic nitrogens is 1. The van der Waals surface area contributed by atoms with Gasteiger partial charge in [-0.2, -0.15) is 0 Å². The largest absolute Gasteiger partial charge is 0.292 e.